The average molecular weight is 319 g/mol. The lowest BCUT2D eigenvalue weighted by molar-refractivity contribution is 0.0295. The molecule has 0 radical (unpaired) electrons. The van der Waals surface area contributed by atoms with E-state index in [1.807, 2.05) is 0 Å². The second-order valence-electron chi connectivity index (χ2n) is 4.63. The molecule has 1 aliphatic heterocycles. The molecule has 94 valence electrons. The summed E-state index contributed by atoms with van der Waals surface area (Å²) in [6.45, 7) is 2.05. The van der Waals surface area contributed by atoms with Crippen LogP contribution in [0.1, 0.15) is 25.3 Å². The molecule has 0 amide bonds. The average Bonchev–Trinajstić information content (AvgIpc) is 2.28. The van der Waals surface area contributed by atoms with Crippen molar-refractivity contribution in [3.8, 4) is 0 Å². The van der Waals surface area contributed by atoms with Crippen molar-refractivity contribution in [2.75, 3.05) is 5.75 Å². The van der Waals surface area contributed by atoms with E-state index >= 15 is 0 Å². The van der Waals surface area contributed by atoms with E-state index in [-0.39, 0.29) is 11.1 Å². The van der Waals surface area contributed by atoms with Gasteiger partial charge in [-0.1, -0.05) is 22.9 Å². The van der Waals surface area contributed by atoms with Crippen molar-refractivity contribution in [2.24, 2.45) is 0 Å². The Bertz CT molecular complexity index is 412. The van der Waals surface area contributed by atoms with Crippen LogP contribution in [0.3, 0.4) is 0 Å². The number of aliphatic hydroxyl groups is 1. The summed E-state index contributed by atoms with van der Waals surface area (Å²) < 4.78 is 14.1. The van der Waals surface area contributed by atoms with Crippen LogP contribution in [0.25, 0.3) is 0 Å². The zero-order valence-electron chi connectivity index (χ0n) is 9.75. The van der Waals surface area contributed by atoms with Crippen molar-refractivity contribution in [3.05, 3.63) is 34.1 Å². The maximum absolute atomic E-state index is 13.2. The number of hydrogen-bond acceptors (Lipinski definition) is 2. The summed E-state index contributed by atoms with van der Waals surface area (Å²) in [4.78, 5) is 0. The molecule has 2 rings (SSSR count). The SMILES string of the molecule is CC1SCCCC1(O)Cc1cc(F)ccc1Br. The number of hydrogen-bond donors (Lipinski definition) is 1. The Hall–Kier alpha value is -0.0600. The van der Waals surface area contributed by atoms with E-state index in [0.29, 0.717) is 6.42 Å². The van der Waals surface area contributed by atoms with Crippen molar-refractivity contribution in [3.63, 3.8) is 0 Å². The summed E-state index contributed by atoms with van der Waals surface area (Å²) in [7, 11) is 0. The van der Waals surface area contributed by atoms with Gasteiger partial charge >= 0.3 is 0 Å². The molecule has 1 aromatic rings. The third kappa shape index (κ3) is 3.04. The molecule has 4 heteroatoms. The van der Waals surface area contributed by atoms with Crippen LogP contribution in [0, 0.1) is 5.82 Å². The van der Waals surface area contributed by atoms with E-state index in [0.717, 1.165) is 28.6 Å². The van der Waals surface area contributed by atoms with Crippen LogP contribution in [-0.2, 0) is 6.42 Å². The zero-order valence-corrected chi connectivity index (χ0v) is 12.2. The molecule has 0 aromatic heterocycles. The highest BCUT2D eigenvalue weighted by Gasteiger charge is 2.37. The van der Waals surface area contributed by atoms with Crippen LogP contribution in [0.15, 0.2) is 22.7 Å². The quantitative estimate of drug-likeness (QED) is 0.895. The highest BCUT2D eigenvalue weighted by Crippen LogP contribution is 2.37. The van der Waals surface area contributed by atoms with Gasteiger partial charge in [-0.25, -0.2) is 4.39 Å². The molecule has 17 heavy (non-hydrogen) atoms. The van der Waals surface area contributed by atoms with Crippen LogP contribution in [0.4, 0.5) is 4.39 Å². The van der Waals surface area contributed by atoms with Gasteiger partial charge in [0, 0.05) is 16.1 Å². The van der Waals surface area contributed by atoms with Crippen molar-refractivity contribution in [1.29, 1.82) is 0 Å². The Morgan fingerprint density at radius 3 is 3.06 bits per heavy atom. The maximum Gasteiger partial charge on any atom is 0.123 e. The van der Waals surface area contributed by atoms with Crippen LogP contribution < -0.4 is 0 Å². The molecular formula is C13H16BrFOS. The lowest BCUT2D eigenvalue weighted by Gasteiger charge is -2.38. The Kier molecular flexibility index (Phi) is 4.16. The third-order valence-electron chi connectivity index (χ3n) is 3.38. The van der Waals surface area contributed by atoms with Crippen molar-refractivity contribution in [1.82, 2.24) is 0 Å². The van der Waals surface area contributed by atoms with E-state index < -0.39 is 5.60 Å². The minimum absolute atomic E-state index is 0.200. The highest BCUT2D eigenvalue weighted by molar-refractivity contribution is 9.10. The molecule has 1 saturated heterocycles. The van der Waals surface area contributed by atoms with Gasteiger partial charge in [-0.15, -0.1) is 0 Å². The largest absolute Gasteiger partial charge is 0.388 e. The normalized spacial score (nSPS) is 29.3. The molecule has 2 atom stereocenters. The molecule has 1 fully saturated rings. The fourth-order valence-corrected chi connectivity index (χ4v) is 3.80. The van der Waals surface area contributed by atoms with Crippen LogP contribution in [0.2, 0.25) is 0 Å². The molecule has 0 spiro atoms. The van der Waals surface area contributed by atoms with Gasteiger partial charge in [0.25, 0.3) is 0 Å². The van der Waals surface area contributed by atoms with Gasteiger partial charge < -0.3 is 5.11 Å². The fraction of sp³-hybridized carbons (Fsp3) is 0.538. The van der Waals surface area contributed by atoms with Gasteiger partial charge in [0.2, 0.25) is 0 Å². The maximum atomic E-state index is 13.2. The van der Waals surface area contributed by atoms with Crippen LogP contribution in [-0.4, -0.2) is 21.7 Å². The first-order valence-corrected chi connectivity index (χ1v) is 7.63. The van der Waals surface area contributed by atoms with Gasteiger partial charge in [-0.3, -0.25) is 0 Å². The van der Waals surface area contributed by atoms with Crippen LogP contribution in [0.5, 0.6) is 0 Å². The molecule has 1 heterocycles. The van der Waals surface area contributed by atoms with E-state index in [1.165, 1.54) is 12.1 Å². The lowest BCUT2D eigenvalue weighted by atomic mass is 9.87. The lowest BCUT2D eigenvalue weighted by Crippen LogP contribution is -2.43. The number of halogens is 2. The Balaban J connectivity index is 2.21. The summed E-state index contributed by atoms with van der Waals surface area (Å²) in [5, 5.41) is 10.8. The standard InChI is InChI=1S/C13H16BrFOS/c1-9-13(16,5-2-6-17-9)8-10-7-11(15)3-4-12(10)14/h3-4,7,9,16H,2,5-6,8H2,1H3. The minimum atomic E-state index is -0.709. The van der Waals surface area contributed by atoms with Gasteiger partial charge in [0.05, 0.1) is 5.60 Å². The molecule has 0 bridgehead atoms. The van der Waals surface area contributed by atoms with E-state index in [4.69, 9.17) is 0 Å². The molecule has 1 nitrogen and oxygen atoms in total. The Morgan fingerprint density at radius 1 is 1.59 bits per heavy atom. The topological polar surface area (TPSA) is 20.2 Å². The van der Waals surface area contributed by atoms with Gasteiger partial charge in [0.15, 0.2) is 0 Å². The fourth-order valence-electron chi connectivity index (χ4n) is 2.24. The van der Waals surface area contributed by atoms with E-state index in [2.05, 4.69) is 22.9 Å². The second kappa shape index (κ2) is 5.29. The first kappa shape index (κ1) is 13.4. The summed E-state index contributed by atoms with van der Waals surface area (Å²) in [6.07, 6.45) is 2.34. The molecule has 0 saturated carbocycles. The predicted molar refractivity (Wildman–Crippen MR) is 73.9 cm³/mol. The third-order valence-corrected chi connectivity index (χ3v) is 5.62. The summed E-state index contributed by atoms with van der Waals surface area (Å²) >= 11 is 5.21. The zero-order chi connectivity index (χ0) is 12.5. The predicted octanol–water partition coefficient (Wildman–Crippen LogP) is 3.78. The van der Waals surface area contributed by atoms with Gasteiger partial charge in [-0.05, 0) is 42.4 Å². The monoisotopic (exact) mass is 318 g/mol. The molecule has 0 aliphatic carbocycles. The van der Waals surface area contributed by atoms with Crippen LogP contribution >= 0.6 is 27.7 Å². The molecule has 1 aliphatic rings. The second-order valence-corrected chi connectivity index (χ2v) is 6.94. The molecule has 1 aromatic carbocycles. The van der Waals surface area contributed by atoms with Crippen molar-refractivity contribution >= 4 is 27.7 Å². The Morgan fingerprint density at radius 2 is 2.35 bits per heavy atom. The number of rotatable bonds is 2. The smallest absolute Gasteiger partial charge is 0.123 e. The number of thioether (sulfide) groups is 1. The molecular weight excluding hydrogens is 303 g/mol. The summed E-state index contributed by atoms with van der Waals surface area (Å²) in [5.74, 6) is 0.858. The summed E-state index contributed by atoms with van der Waals surface area (Å²) in [5.41, 5.74) is 0.140. The van der Waals surface area contributed by atoms with E-state index in [9.17, 15) is 9.50 Å². The van der Waals surface area contributed by atoms with Gasteiger partial charge in [-0.2, -0.15) is 11.8 Å². The molecule has 1 N–H and O–H groups in total. The minimum Gasteiger partial charge on any atom is -0.388 e. The van der Waals surface area contributed by atoms with E-state index in [1.54, 1.807) is 17.8 Å². The number of benzene rings is 1. The van der Waals surface area contributed by atoms with Crippen molar-refractivity contribution < 1.29 is 9.50 Å². The summed E-state index contributed by atoms with van der Waals surface area (Å²) in [6, 6.07) is 4.64. The Labute approximate surface area is 114 Å². The molecule has 2 unspecified atom stereocenters. The van der Waals surface area contributed by atoms with Crippen molar-refractivity contribution in [2.45, 2.75) is 37.0 Å². The van der Waals surface area contributed by atoms with Gasteiger partial charge in [0.1, 0.15) is 5.82 Å². The first-order valence-electron chi connectivity index (χ1n) is 5.79. The first-order chi connectivity index (χ1) is 8.01. The highest BCUT2D eigenvalue weighted by atomic mass is 79.9.